The van der Waals surface area contributed by atoms with E-state index < -0.39 is 10.0 Å². The number of carbonyl (C=O) groups is 2. The number of sulfonamides is 1. The molecule has 0 saturated carbocycles. The number of nitrogens with zero attached hydrogens (tertiary/aromatic N) is 1. The number of ether oxygens (including phenoxy) is 2. The van der Waals surface area contributed by atoms with Gasteiger partial charge in [0.25, 0.3) is 5.91 Å². The number of esters is 1. The molecule has 1 aromatic rings. The van der Waals surface area contributed by atoms with E-state index >= 15 is 0 Å². The van der Waals surface area contributed by atoms with Gasteiger partial charge in [0.2, 0.25) is 10.0 Å². The van der Waals surface area contributed by atoms with Gasteiger partial charge < -0.3 is 14.4 Å². The van der Waals surface area contributed by atoms with Crippen molar-refractivity contribution >= 4 is 21.9 Å². The van der Waals surface area contributed by atoms with Crippen molar-refractivity contribution in [1.82, 2.24) is 9.62 Å². The molecule has 1 aromatic carbocycles. The third-order valence-corrected chi connectivity index (χ3v) is 6.17. The highest BCUT2D eigenvalue weighted by molar-refractivity contribution is 7.89. The molecule has 1 aliphatic heterocycles. The molecule has 1 N–H and O–H groups in total. The summed E-state index contributed by atoms with van der Waals surface area (Å²) in [5.41, 5.74) is 0.263. The van der Waals surface area contributed by atoms with E-state index in [0.29, 0.717) is 32.5 Å². The van der Waals surface area contributed by atoms with Crippen molar-refractivity contribution in [3.05, 3.63) is 23.8 Å². The second-order valence-corrected chi connectivity index (χ2v) is 8.64. The quantitative estimate of drug-likeness (QED) is 0.685. The van der Waals surface area contributed by atoms with Gasteiger partial charge in [-0.25, -0.2) is 13.1 Å². The summed E-state index contributed by atoms with van der Waals surface area (Å²) in [6.07, 6.45) is 1.06. The Bertz CT molecular complexity index is 814. The van der Waals surface area contributed by atoms with Crippen molar-refractivity contribution in [2.45, 2.75) is 44.6 Å². The fourth-order valence-corrected chi connectivity index (χ4v) is 4.60. The van der Waals surface area contributed by atoms with Crippen LogP contribution in [0, 0.1) is 5.92 Å². The lowest BCUT2D eigenvalue weighted by Crippen LogP contribution is -2.40. The Morgan fingerprint density at radius 1 is 1.25 bits per heavy atom. The first kappa shape index (κ1) is 22.2. The Morgan fingerprint density at radius 3 is 2.43 bits per heavy atom. The molecule has 1 aliphatic rings. The lowest BCUT2D eigenvalue weighted by Gasteiger charge is -2.31. The molecule has 8 nitrogen and oxygen atoms in total. The number of amides is 1. The maximum absolute atomic E-state index is 12.9. The van der Waals surface area contributed by atoms with E-state index in [2.05, 4.69) is 4.72 Å². The predicted octanol–water partition coefficient (Wildman–Crippen LogP) is 1.80. The van der Waals surface area contributed by atoms with Gasteiger partial charge in [-0.05, 0) is 51.8 Å². The van der Waals surface area contributed by atoms with E-state index in [0.717, 1.165) is 0 Å². The molecule has 0 radical (unpaired) electrons. The van der Waals surface area contributed by atoms with Crippen molar-refractivity contribution < 1.29 is 27.5 Å². The number of benzene rings is 1. The lowest BCUT2D eigenvalue weighted by molar-refractivity contribution is -0.149. The molecule has 9 heteroatoms. The van der Waals surface area contributed by atoms with Gasteiger partial charge in [-0.2, -0.15) is 0 Å². The Kier molecular flexibility index (Phi) is 7.42. The van der Waals surface area contributed by atoms with Crippen molar-refractivity contribution in [1.29, 1.82) is 0 Å². The molecule has 0 bridgehead atoms. The highest BCUT2D eigenvalue weighted by Crippen LogP contribution is 2.27. The number of nitrogens with one attached hydrogen (secondary N) is 1. The number of hydrogen-bond acceptors (Lipinski definition) is 6. The van der Waals surface area contributed by atoms with Gasteiger partial charge in [-0.3, -0.25) is 9.59 Å². The lowest BCUT2D eigenvalue weighted by atomic mass is 9.96. The van der Waals surface area contributed by atoms with Crippen molar-refractivity contribution in [3.8, 4) is 5.75 Å². The molecule has 156 valence electrons. The van der Waals surface area contributed by atoms with E-state index in [-0.39, 0.29) is 40.0 Å². The average Bonchev–Trinajstić information content (AvgIpc) is 2.66. The summed E-state index contributed by atoms with van der Waals surface area (Å²) in [7, 11) is -2.44. The third kappa shape index (κ3) is 5.23. The number of piperidine rings is 1. The van der Waals surface area contributed by atoms with Crippen LogP contribution >= 0.6 is 0 Å². The molecule has 1 amide bonds. The zero-order chi connectivity index (χ0) is 20.9. The van der Waals surface area contributed by atoms with E-state index in [4.69, 9.17) is 9.47 Å². The molecule has 28 heavy (non-hydrogen) atoms. The Morgan fingerprint density at radius 2 is 1.89 bits per heavy atom. The Balaban J connectivity index is 2.19. The molecular formula is C19H28N2O6S. The van der Waals surface area contributed by atoms with Gasteiger partial charge >= 0.3 is 5.97 Å². The molecule has 0 spiro atoms. The molecule has 1 heterocycles. The van der Waals surface area contributed by atoms with Gasteiger partial charge in [0.1, 0.15) is 10.6 Å². The number of rotatable bonds is 7. The first-order valence-electron chi connectivity index (χ1n) is 9.35. The van der Waals surface area contributed by atoms with Gasteiger partial charge in [-0.15, -0.1) is 0 Å². The summed E-state index contributed by atoms with van der Waals surface area (Å²) in [6, 6.07) is 4.07. The summed E-state index contributed by atoms with van der Waals surface area (Å²) < 4.78 is 37.9. The topological polar surface area (TPSA) is 102 Å². The maximum atomic E-state index is 12.9. The summed E-state index contributed by atoms with van der Waals surface area (Å²) in [5, 5.41) is 0. The second kappa shape index (κ2) is 9.38. The van der Waals surface area contributed by atoms with Crippen LogP contribution in [-0.4, -0.2) is 58.0 Å². The molecule has 1 fully saturated rings. The van der Waals surface area contributed by atoms with Crippen LogP contribution in [0.2, 0.25) is 0 Å². The smallest absolute Gasteiger partial charge is 0.309 e. The van der Waals surface area contributed by atoms with Crippen LogP contribution < -0.4 is 9.46 Å². The van der Waals surface area contributed by atoms with Crippen LogP contribution in [-0.2, 0) is 19.6 Å². The van der Waals surface area contributed by atoms with E-state index in [1.54, 1.807) is 31.7 Å². The second-order valence-electron chi connectivity index (χ2n) is 6.96. The average molecular weight is 413 g/mol. The summed E-state index contributed by atoms with van der Waals surface area (Å²) in [4.78, 5) is 26.3. The van der Waals surface area contributed by atoms with Crippen LogP contribution in [0.4, 0.5) is 0 Å². The number of carbonyl (C=O) groups excluding carboxylic acids is 2. The molecule has 2 rings (SSSR count). The van der Waals surface area contributed by atoms with Crippen molar-refractivity contribution in [2.75, 3.05) is 26.8 Å². The minimum atomic E-state index is -3.82. The van der Waals surface area contributed by atoms with Crippen molar-refractivity contribution in [3.63, 3.8) is 0 Å². The minimum absolute atomic E-state index is 0.0732. The predicted molar refractivity (Wildman–Crippen MR) is 104 cm³/mol. The van der Waals surface area contributed by atoms with Gasteiger partial charge in [-0.1, -0.05) is 0 Å². The maximum Gasteiger partial charge on any atom is 0.309 e. The molecule has 0 aliphatic carbocycles. The normalized spacial score (nSPS) is 15.5. The van der Waals surface area contributed by atoms with Gasteiger partial charge in [0, 0.05) is 24.7 Å². The monoisotopic (exact) mass is 412 g/mol. The highest BCUT2D eigenvalue weighted by Gasteiger charge is 2.30. The standard InChI is InChI=1S/C19H28N2O6S/c1-5-27-19(23)14-8-10-21(11-9-14)18(22)15-6-7-16(26-4)17(12-15)28(24,25)20-13(2)3/h6-7,12-14,20H,5,8-11H2,1-4H3. The zero-order valence-corrected chi connectivity index (χ0v) is 17.5. The number of likely N-dealkylation sites (tertiary alicyclic amines) is 1. The summed E-state index contributed by atoms with van der Waals surface area (Å²) in [6.45, 7) is 6.37. The first-order chi connectivity index (χ1) is 13.2. The van der Waals surface area contributed by atoms with Crippen molar-refractivity contribution in [2.24, 2.45) is 5.92 Å². The van der Waals surface area contributed by atoms with Crippen LogP contribution in [0.3, 0.4) is 0 Å². The molecule has 0 unspecified atom stereocenters. The van der Waals surface area contributed by atoms with Crippen LogP contribution in [0.1, 0.15) is 44.0 Å². The molecular weight excluding hydrogens is 384 g/mol. The van der Waals surface area contributed by atoms with Crippen LogP contribution in [0.25, 0.3) is 0 Å². The fraction of sp³-hybridized carbons (Fsp3) is 0.579. The fourth-order valence-electron chi connectivity index (χ4n) is 3.15. The minimum Gasteiger partial charge on any atom is -0.495 e. The third-order valence-electron chi connectivity index (χ3n) is 4.49. The Hall–Kier alpha value is -2.13. The molecule has 0 aromatic heterocycles. The SMILES string of the molecule is CCOC(=O)C1CCN(C(=O)c2ccc(OC)c(S(=O)(=O)NC(C)C)c2)CC1. The zero-order valence-electron chi connectivity index (χ0n) is 16.7. The highest BCUT2D eigenvalue weighted by atomic mass is 32.2. The summed E-state index contributed by atoms with van der Waals surface area (Å²) >= 11 is 0. The van der Waals surface area contributed by atoms with Crippen LogP contribution in [0.5, 0.6) is 5.75 Å². The molecule has 1 saturated heterocycles. The first-order valence-corrected chi connectivity index (χ1v) is 10.8. The van der Waals surface area contributed by atoms with E-state index in [1.165, 1.54) is 19.2 Å². The molecule has 0 atom stereocenters. The van der Waals surface area contributed by atoms with E-state index in [9.17, 15) is 18.0 Å². The van der Waals surface area contributed by atoms with Gasteiger partial charge in [0.15, 0.2) is 0 Å². The largest absolute Gasteiger partial charge is 0.495 e. The Labute approximate surface area is 166 Å². The van der Waals surface area contributed by atoms with E-state index in [1.807, 2.05) is 0 Å². The number of hydrogen-bond donors (Lipinski definition) is 1. The van der Waals surface area contributed by atoms with Gasteiger partial charge in [0.05, 0.1) is 19.6 Å². The number of methoxy groups -OCH3 is 1. The van der Waals surface area contributed by atoms with Crippen LogP contribution in [0.15, 0.2) is 23.1 Å². The summed E-state index contributed by atoms with van der Waals surface area (Å²) in [5.74, 6) is -0.532.